The maximum atomic E-state index is 10.2. The van der Waals surface area contributed by atoms with Gasteiger partial charge in [-0.15, -0.1) is 0 Å². The van der Waals surface area contributed by atoms with Gasteiger partial charge in [0.15, 0.2) is 0 Å². The zero-order valence-electron chi connectivity index (χ0n) is 29.8. The van der Waals surface area contributed by atoms with Crippen LogP contribution in [0.3, 0.4) is 0 Å². The fraction of sp³-hybridized carbons (Fsp3) is 0.944. The van der Waals surface area contributed by atoms with Crippen LogP contribution in [0.5, 0.6) is 0 Å². The van der Waals surface area contributed by atoms with E-state index in [0.29, 0.717) is 0 Å². The van der Waals surface area contributed by atoms with E-state index in [1.165, 1.54) is 167 Å². The number of rotatable bonds is 32. The summed E-state index contributed by atoms with van der Waals surface area (Å²) in [4.78, 5) is 20.4. The molecule has 0 rings (SSSR count). The average molecular weight is 1220 g/mol. The van der Waals surface area contributed by atoms with Crippen LogP contribution < -0.4 is 10.2 Å². The molecule has 0 aliphatic carbocycles. The molecule has 268 valence electrons. The monoisotopic (exact) mass is 1230 g/mol. The van der Waals surface area contributed by atoms with Gasteiger partial charge in [0, 0.05) is 93.8 Å². The number of carboxylic acid groups (broad SMARTS) is 2. The number of carbonyl (C=O) groups is 2. The molecule has 45 heavy (non-hydrogen) atoms. The Balaban J connectivity index is -0.000000116. The Kier molecular flexibility index (Phi) is 79.5. The standard InChI is InChI=1S/2C18H36O2.2H2O.3Pb/c2*1-2-3-4-5-6-7-8-9-10-11-12-13-14-15-16-17-18(19)20;;;;;/h2*2-17H2,1H3,(H,19,20);2*1H2;;;/p-2. The topological polar surface area (TPSA) is 143 Å². The van der Waals surface area contributed by atoms with Crippen LogP contribution in [0.4, 0.5) is 0 Å². The summed E-state index contributed by atoms with van der Waals surface area (Å²) in [5.41, 5.74) is 0. The second-order valence-electron chi connectivity index (χ2n) is 12.1. The largest absolute Gasteiger partial charge is 0.550 e. The summed E-state index contributed by atoms with van der Waals surface area (Å²) in [6, 6.07) is 0. The summed E-state index contributed by atoms with van der Waals surface area (Å²) in [6.45, 7) is 4.53. The van der Waals surface area contributed by atoms with E-state index in [9.17, 15) is 19.8 Å². The van der Waals surface area contributed by atoms with E-state index in [1.807, 2.05) is 0 Å². The molecule has 6 nitrogen and oxygen atoms in total. The third-order valence-electron chi connectivity index (χ3n) is 7.97. The number of hydrogen-bond acceptors (Lipinski definition) is 4. The van der Waals surface area contributed by atoms with Gasteiger partial charge in [-0.25, -0.2) is 0 Å². The SMILES string of the molecule is CCCCCCCCCCCCCCCCCC(=O)[O-].CCCCCCCCCCCCCCCCCC(=O)[O-].O.O.[Pb].[Pb].[Pb]. The van der Waals surface area contributed by atoms with Crippen LogP contribution in [0.15, 0.2) is 0 Å². The number of carbonyl (C=O) groups excluding carboxylic acids is 2. The van der Waals surface area contributed by atoms with Crippen molar-refractivity contribution in [2.75, 3.05) is 0 Å². The smallest absolute Gasteiger partial charge is 0.0414 e. The zero-order valence-corrected chi connectivity index (χ0v) is 41.4. The molecular formula is C36H74O6Pb3-2. The minimum Gasteiger partial charge on any atom is -0.550 e. The molecule has 4 N–H and O–H groups in total. The molecule has 0 heterocycles. The quantitative estimate of drug-likeness (QED) is 0.0519. The Hall–Kier alpha value is 1.63. The number of aliphatic carboxylic acids is 2. The van der Waals surface area contributed by atoms with Crippen molar-refractivity contribution < 1.29 is 30.8 Å². The first kappa shape index (κ1) is 61.8. The van der Waals surface area contributed by atoms with Crippen LogP contribution in [0.1, 0.15) is 219 Å². The van der Waals surface area contributed by atoms with Crippen molar-refractivity contribution in [2.45, 2.75) is 219 Å². The average Bonchev–Trinajstić information content (AvgIpc) is 2.93. The number of carboxylic acids is 2. The minimum atomic E-state index is -0.903. The molecule has 9 heteroatoms. The van der Waals surface area contributed by atoms with Gasteiger partial charge in [0.1, 0.15) is 0 Å². The van der Waals surface area contributed by atoms with Gasteiger partial charge in [0.05, 0.1) is 0 Å². The third kappa shape index (κ3) is 68.4. The molecule has 0 bridgehead atoms. The van der Waals surface area contributed by atoms with E-state index < -0.39 is 11.9 Å². The van der Waals surface area contributed by atoms with Crippen molar-refractivity contribution in [1.82, 2.24) is 0 Å². The van der Waals surface area contributed by atoms with Crippen molar-refractivity contribution in [3.63, 3.8) is 0 Å². The zero-order chi connectivity index (χ0) is 29.8. The molecule has 0 aliphatic rings. The summed E-state index contributed by atoms with van der Waals surface area (Å²) in [5, 5.41) is 20.4. The fourth-order valence-corrected chi connectivity index (χ4v) is 5.28. The Morgan fingerprint density at radius 3 is 0.578 bits per heavy atom. The van der Waals surface area contributed by atoms with Crippen LogP contribution in [-0.2, 0) is 9.59 Å². The Morgan fingerprint density at radius 2 is 0.444 bits per heavy atom. The molecule has 0 unspecified atom stereocenters. The first-order valence-corrected chi connectivity index (χ1v) is 17.9. The van der Waals surface area contributed by atoms with E-state index in [2.05, 4.69) is 13.8 Å². The first-order chi connectivity index (χ1) is 19.5. The van der Waals surface area contributed by atoms with E-state index in [4.69, 9.17) is 0 Å². The van der Waals surface area contributed by atoms with E-state index in [1.54, 1.807) is 0 Å². The van der Waals surface area contributed by atoms with Crippen LogP contribution in [0.25, 0.3) is 0 Å². The Labute approximate surface area is 340 Å². The maximum absolute atomic E-state index is 10.2. The van der Waals surface area contributed by atoms with Crippen molar-refractivity contribution in [1.29, 1.82) is 0 Å². The molecule has 0 spiro atoms. The molecule has 12 radical (unpaired) electrons. The normalized spacial score (nSPS) is 9.64. The molecule has 0 amide bonds. The summed E-state index contributed by atoms with van der Waals surface area (Å²) in [7, 11) is 0. The summed E-state index contributed by atoms with van der Waals surface area (Å²) < 4.78 is 0. The van der Waals surface area contributed by atoms with Crippen molar-refractivity contribution in [3.8, 4) is 0 Å². The van der Waals surface area contributed by atoms with Gasteiger partial charge in [0.2, 0.25) is 0 Å². The van der Waals surface area contributed by atoms with Crippen LogP contribution in [-0.4, -0.2) is 105 Å². The molecular weight excluding hydrogens is 1150 g/mol. The van der Waals surface area contributed by atoms with Gasteiger partial charge >= 0.3 is 0 Å². The Bertz CT molecular complexity index is 469. The van der Waals surface area contributed by atoms with Gasteiger partial charge < -0.3 is 30.8 Å². The van der Waals surface area contributed by atoms with Gasteiger partial charge in [-0.05, 0) is 25.7 Å². The van der Waals surface area contributed by atoms with E-state index >= 15 is 0 Å². The van der Waals surface area contributed by atoms with Gasteiger partial charge in [0.25, 0.3) is 0 Å². The third-order valence-corrected chi connectivity index (χ3v) is 7.97. The Morgan fingerprint density at radius 1 is 0.311 bits per heavy atom. The molecule has 0 fully saturated rings. The minimum absolute atomic E-state index is 0. The molecule has 0 saturated carbocycles. The molecule has 0 saturated heterocycles. The molecule has 0 aromatic heterocycles. The molecule has 0 aromatic carbocycles. The summed E-state index contributed by atoms with van der Waals surface area (Å²) >= 11 is 0. The van der Waals surface area contributed by atoms with Crippen LogP contribution in [0.2, 0.25) is 0 Å². The second kappa shape index (κ2) is 57.9. The van der Waals surface area contributed by atoms with Gasteiger partial charge in [-0.3, -0.25) is 0 Å². The van der Waals surface area contributed by atoms with Gasteiger partial charge in [-0.2, -0.15) is 0 Å². The number of hydrogen-bond donors (Lipinski definition) is 0. The van der Waals surface area contributed by atoms with Crippen molar-refractivity contribution >= 4 is 93.8 Å². The van der Waals surface area contributed by atoms with E-state index in [-0.39, 0.29) is 106 Å². The summed E-state index contributed by atoms with van der Waals surface area (Å²) in [6.07, 6.45) is 39.7. The van der Waals surface area contributed by atoms with Gasteiger partial charge in [-0.1, -0.05) is 194 Å². The molecule has 0 atom stereocenters. The maximum Gasteiger partial charge on any atom is 0.0414 e. The van der Waals surface area contributed by atoms with Crippen LogP contribution in [0, 0.1) is 0 Å². The predicted molar refractivity (Wildman–Crippen MR) is 194 cm³/mol. The van der Waals surface area contributed by atoms with Crippen LogP contribution >= 0.6 is 0 Å². The first-order valence-electron chi connectivity index (χ1n) is 17.9. The summed E-state index contributed by atoms with van der Waals surface area (Å²) in [5.74, 6) is -1.81. The fourth-order valence-electron chi connectivity index (χ4n) is 5.28. The molecule has 0 aliphatic heterocycles. The number of unbranched alkanes of at least 4 members (excludes halogenated alkanes) is 28. The van der Waals surface area contributed by atoms with E-state index in [0.717, 1.165) is 25.7 Å². The van der Waals surface area contributed by atoms with Crippen molar-refractivity contribution in [2.24, 2.45) is 0 Å². The van der Waals surface area contributed by atoms with Crippen molar-refractivity contribution in [3.05, 3.63) is 0 Å². The predicted octanol–water partition coefficient (Wildman–Crippen LogP) is 7.20. The molecule has 0 aromatic rings. The second-order valence-corrected chi connectivity index (χ2v) is 12.1.